The average Bonchev–Trinajstić information content (AvgIpc) is 2.71. The molecule has 0 saturated carbocycles. The van der Waals surface area contributed by atoms with Crippen molar-refractivity contribution in [3.63, 3.8) is 0 Å². The first-order valence-electron chi connectivity index (χ1n) is 5.42. The van der Waals surface area contributed by atoms with Gasteiger partial charge in [0.25, 0.3) is 0 Å². The van der Waals surface area contributed by atoms with Crippen molar-refractivity contribution < 1.29 is 14.3 Å². The number of aryl methyl sites for hydroxylation is 1. The molecular formula is C11H18N2O3S. The smallest absolute Gasteiger partial charge is 0.246 e. The summed E-state index contributed by atoms with van der Waals surface area (Å²) in [5.41, 5.74) is 0. The molecule has 0 spiro atoms. The van der Waals surface area contributed by atoms with Crippen molar-refractivity contribution in [3.05, 3.63) is 16.1 Å². The number of nitrogens with zero attached hydrogens (tertiary/aromatic N) is 1. The molecular weight excluding hydrogens is 240 g/mol. The molecule has 17 heavy (non-hydrogen) atoms. The van der Waals surface area contributed by atoms with E-state index in [1.807, 2.05) is 13.8 Å². The summed E-state index contributed by atoms with van der Waals surface area (Å²) in [7, 11) is 1.59. The molecule has 1 N–H and O–H groups in total. The Morgan fingerprint density at radius 1 is 1.59 bits per heavy atom. The van der Waals surface area contributed by atoms with Crippen LogP contribution in [-0.2, 0) is 14.3 Å². The highest BCUT2D eigenvalue weighted by Crippen LogP contribution is 2.18. The van der Waals surface area contributed by atoms with Gasteiger partial charge in [0.2, 0.25) is 5.91 Å². The van der Waals surface area contributed by atoms with Crippen LogP contribution in [0.2, 0.25) is 0 Å². The van der Waals surface area contributed by atoms with E-state index in [2.05, 4.69) is 10.3 Å². The van der Waals surface area contributed by atoms with E-state index in [0.29, 0.717) is 13.2 Å². The minimum absolute atomic E-state index is 0.0536. The minimum Gasteiger partial charge on any atom is -0.382 e. The van der Waals surface area contributed by atoms with E-state index in [9.17, 15) is 4.79 Å². The van der Waals surface area contributed by atoms with Gasteiger partial charge in [-0.15, -0.1) is 11.3 Å². The van der Waals surface area contributed by atoms with E-state index < -0.39 is 0 Å². The van der Waals surface area contributed by atoms with Gasteiger partial charge in [0.1, 0.15) is 11.6 Å². The molecule has 0 aliphatic rings. The van der Waals surface area contributed by atoms with E-state index in [4.69, 9.17) is 9.47 Å². The van der Waals surface area contributed by atoms with Crippen LogP contribution in [0.3, 0.4) is 0 Å². The maximum absolute atomic E-state index is 11.5. The molecule has 96 valence electrons. The number of hydrogen-bond donors (Lipinski definition) is 1. The van der Waals surface area contributed by atoms with Gasteiger partial charge in [0, 0.05) is 18.2 Å². The second kappa shape index (κ2) is 7.37. The first-order chi connectivity index (χ1) is 8.13. The number of carbonyl (C=O) groups excluding carboxylic acids is 1. The molecule has 0 saturated heterocycles. The Morgan fingerprint density at radius 2 is 2.35 bits per heavy atom. The van der Waals surface area contributed by atoms with E-state index in [0.717, 1.165) is 9.88 Å². The average molecular weight is 258 g/mol. The van der Waals surface area contributed by atoms with Gasteiger partial charge in [-0.05, 0) is 13.8 Å². The van der Waals surface area contributed by atoms with Crippen molar-refractivity contribution in [1.29, 1.82) is 0 Å². The molecule has 0 aliphatic heterocycles. The summed E-state index contributed by atoms with van der Waals surface area (Å²) in [6, 6.07) is -0.0766. The zero-order valence-corrected chi connectivity index (χ0v) is 11.2. The van der Waals surface area contributed by atoms with Gasteiger partial charge < -0.3 is 14.8 Å². The fourth-order valence-electron chi connectivity index (χ4n) is 1.22. The molecule has 1 atom stereocenters. The Morgan fingerprint density at radius 3 is 2.94 bits per heavy atom. The van der Waals surface area contributed by atoms with Crippen LogP contribution < -0.4 is 5.32 Å². The lowest BCUT2D eigenvalue weighted by atomic mass is 10.3. The van der Waals surface area contributed by atoms with Gasteiger partial charge in [0.15, 0.2) is 0 Å². The molecule has 5 nitrogen and oxygen atoms in total. The maximum Gasteiger partial charge on any atom is 0.246 e. The van der Waals surface area contributed by atoms with Crippen LogP contribution in [0, 0.1) is 6.92 Å². The third-order valence-corrected chi connectivity index (χ3v) is 3.15. The van der Waals surface area contributed by atoms with Crippen molar-refractivity contribution in [3.8, 4) is 0 Å². The fourth-order valence-corrected chi connectivity index (χ4v) is 2.00. The molecule has 1 aromatic heterocycles. The van der Waals surface area contributed by atoms with Gasteiger partial charge in [-0.3, -0.25) is 4.79 Å². The van der Waals surface area contributed by atoms with Crippen molar-refractivity contribution >= 4 is 17.2 Å². The van der Waals surface area contributed by atoms with Crippen LogP contribution in [0.1, 0.15) is 22.9 Å². The summed E-state index contributed by atoms with van der Waals surface area (Å²) in [5.74, 6) is -0.138. The van der Waals surface area contributed by atoms with Crippen LogP contribution in [0.4, 0.5) is 0 Å². The summed E-state index contributed by atoms with van der Waals surface area (Å²) in [4.78, 5) is 16.9. The summed E-state index contributed by atoms with van der Waals surface area (Å²) >= 11 is 1.58. The third kappa shape index (κ3) is 5.25. The van der Waals surface area contributed by atoms with Crippen molar-refractivity contribution in [2.24, 2.45) is 0 Å². The zero-order chi connectivity index (χ0) is 12.7. The molecule has 1 amide bonds. The topological polar surface area (TPSA) is 60.5 Å². The minimum atomic E-state index is -0.138. The van der Waals surface area contributed by atoms with Crippen molar-refractivity contribution in [1.82, 2.24) is 10.3 Å². The third-order valence-electron chi connectivity index (χ3n) is 2.05. The number of nitrogens with one attached hydrogen (secondary N) is 1. The van der Waals surface area contributed by atoms with E-state index in [-0.39, 0.29) is 18.6 Å². The van der Waals surface area contributed by atoms with Gasteiger partial charge >= 0.3 is 0 Å². The standard InChI is InChI=1S/C11H18N2O3S/c1-8-6-12-11(17-8)9(2)13-10(14)7-16-5-4-15-3/h6,9H,4-5,7H2,1-3H3,(H,13,14). The number of hydrogen-bond acceptors (Lipinski definition) is 5. The number of ether oxygens (including phenoxy) is 2. The Bertz CT molecular complexity index is 354. The molecule has 0 aliphatic carbocycles. The van der Waals surface area contributed by atoms with Crippen molar-refractivity contribution in [2.75, 3.05) is 26.9 Å². The number of thiazole rings is 1. The number of aromatic nitrogens is 1. The summed E-state index contributed by atoms with van der Waals surface area (Å²) in [6.45, 7) is 4.87. The molecule has 0 bridgehead atoms. The fraction of sp³-hybridized carbons (Fsp3) is 0.636. The Labute approximate surface area is 105 Å². The van der Waals surface area contributed by atoms with Gasteiger partial charge in [-0.1, -0.05) is 0 Å². The van der Waals surface area contributed by atoms with Gasteiger partial charge in [0.05, 0.1) is 19.3 Å². The quantitative estimate of drug-likeness (QED) is 0.749. The molecule has 1 rings (SSSR count). The van der Waals surface area contributed by atoms with Crippen LogP contribution in [0.15, 0.2) is 6.20 Å². The highest BCUT2D eigenvalue weighted by atomic mass is 32.1. The first-order valence-corrected chi connectivity index (χ1v) is 6.23. The largest absolute Gasteiger partial charge is 0.382 e. The second-order valence-electron chi connectivity index (χ2n) is 3.64. The number of carbonyl (C=O) groups is 1. The lowest BCUT2D eigenvalue weighted by Crippen LogP contribution is -2.30. The molecule has 1 unspecified atom stereocenters. The molecule has 0 aromatic carbocycles. The Hall–Kier alpha value is -0.980. The highest BCUT2D eigenvalue weighted by molar-refractivity contribution is 7.11. The number of methoxy groups -OCH3 is 1. The zero-order valence-electron chi connectivity index (χ0n) is 10.4. The SMILES string of the molecule is COCCOCC(=O)NC(C)c1ncc(C)s1. The highest BCUT2D eigenvalue weighted by Gasteiger charge is 2.12. The lowest BCUT2D eigenvalue weighted by Gasteiger charge is -2.11. The van der Waals surface area contributed by atoms with Crippen LogP contribution in [0.5, 0.6) is 0 Å². The Kier molecular flexibility index (Phi) is 6.10. The van der Waals surface area contributed by atoms with Gasteiger partial charge in [-0.2, -0.15) is 0 Å². The first kappa shape index (κ1) is 14.1. The second-order valence-corrected chi connectivity index (χ2v) is 4.91. The Balaban J connectivity index is 2.26. The lowest BCUT2D eigenvalue weighted by molar-refractivity contribution is -0.126. The van der Waals surface area contributed by atoms with Gasteiger partial charge in [-0.25, -0.2) is 4.98 Å². The van der Waals surface area contributed by atoms with E-state index in [1.165, 1.54) is 0 Å². The monoisotopic (exact) mass is 258 g/mol. The molecule has 6 heteroatoms. The molecule has 1 heterocycles. The van der Waals surface area contributed by atoms with Crippen LogP contribution >= 0.6 is 11.3 Å². The summed E-state index contributed by atoms with van der Waals surface area (Å²) < 4.78 is 9.94. The van der Waals surface area contributed by atoms with Crippen LogP contribution in [0.25, 0.3) is 0 Å². The van der Waals surface area contributed by atoms with Crippen LogP contribution in [-0.4, -0.2) is 37.8 Å². The van der Waals surface area contributed by atoms with E-state index in [1.54, 1.807) is 24.6 Å². The number of amides is 1. The summed E-state index contributed by atoms with van der Waals surface area (Å²) in [6.07, 6.45) is 1.80. The molecule has 1 aromatic rings. The molecule has 0 fully saturated rings. The van der Waals surface area contributed by atoms with E-state index >= 15 is 0 Å². The molecule has 0 radical (unpaired) electrons. The summed E-state index contributed by atoms with van der Waals surface area (Å²) in [5, 5.41) is 3.74. The normalized spacial score (nSPS) is 12.4. The predicted octanol–water partition coefficient (Wildman–Crippen LogP) is 1.29. The number of rotatable bonds is 7. The predicted molar refractivity (Wildman–Crippen MR) is 66.1 cm³/mol. The van der Waals surface area contributed by atoms with Crippen molar-refractivity contribution in [2.45, 2.75) is 19.9 Å². The maximum atomic E-state index is 11.5.